The average molecular weight is 220 g/mol. The Hall–Kier alpha value is -1.22. The predicted molar refractivity (Wildman–Crippen MR) is 66.8 cm³/mol. The van der Waals surface area contributed by atoms with Crippen LogP contribution in [0.2, 0.25) is 0 Å². The molecule has 3 heteroatoms. The zero-order valence-electron chi connectivity index (χ0n) is 9.83. The largest absolute Gasteiger partial charge is 0.495 e. The molecule has 1 aliphatic rings. The molecule has 0 unspecified atom stereocenters. The molecule has 1 aliphatic carbocycles. The number of aryl methyl sites for hydroxylation is 1. The quantitative estimate of drug-likeness (QED) is 0.569. The van der Waals surface area contributed by atoms with Crippen molar-refractivity contribution in [2.75, 3.05) is 19.4 Å². The third-order valence-corrected chi connectivity index (χ3v) is 2.95. The standard InChI is InChI=1S/C13H20N2O/c1-16-13-7-4-10(9-12(13)14)3-2-8-15-11-5-6-11/h4,7,9,11,15H,2-3,5-6,8,14H2,1H3. The first-order valence-corrected chi connectivity index (χ1v) is 5.95. The van der Waals surface area contributed by atoms with E-state index in [2.05, 4.69) is 11.4 Å². The van der Waals surface area contributed by atoms with Crippen LogP contribution in [0.25, 0.3) is 0 Å². The van der Waals surface area contributed by atoms with Gasteiger partial charge in [0.05, 0.1) is 12.8 Å². The molecule has 0 bridgehead atoms. The van der Waals surface area contributed by atoms with Gasteiger partial charge in [-0.1, -0.05) is 6.07 Å². The number of ether oxygens (including phenoxy) is 1. The van der Waals surface area contributed by atoms with Gasteiger partial charge in [0.25, 0.3) is 0 Å². The fourth-order valence-electron chi connectivity index (χ4n) is 1.83. The highest BCUT2D eigenvalue weighted by molar-refractivity contribution is 5.54. The topological polar surface area (TPSA) is 47.3 Å². The number of anilines is 1. The second kappa shape index (κ2) is 5.21. The van der Waals surface area contributed by atoms with Crippen molar-refractivity contribution in [3.05, 3.63) is 23.8 Å². The smallest absolute Gasteiger partial charge is 0.141 e. The average Bonchev–Trinajstić information content (AvgIpc) is 3.08. The van der Waals surface area contributed by atoms with E-state index in [1.807, 2.05) is 12.1 Å². The van der Waals surface area contributed by atoms with E-state index in [1.54, 1.807) is 7.11 Å². The van der Waals surface area contributed by atoms with Crippen molar-refractivity contribution in [1.29, 1.82) is 0 Å². The van der Waals surface area contributed by atoms with Gasteiger partial charge in [0, 0.05) is 6.04 Å². The summed E-state index contributed by atoms with van der Waals surface area (Å²) in [5.74, 6) is 0.764. The SMILES string of the molecule is COc1ccc(CCCNC2CC2)cc1N. The van der Waals surface area contributed by atoms with E-state index in [-0.39, 0.29) is 0 Å². The normalized spacial score (nSPS) is 15.1. The Morgan fingerprint density at radius 3 is 2.88 bits per heavy atom. The molecule has 3 nitrogen and oxygen atoms in total. The number of hydrogen-bond acceptors (Lipinski definition) is 3. The van der Waals surface area contributed by atoms with Gasteiger partial charge < -0.3 is 15.8 Å². The zero-order valence-corrected chi connectivity index (χ0v) is 9.83. The van der Waals surface area contributed by atoms with Gasteiger partial charge in [-0.3, -0.25) is 0 Å². The first kappa shape index (κ1) is 11.3. The van der Waals surface area contributed by atoms with Gasteiger partial charge in [-0.15, -0.1) is 0 Å². The van der Waals surface area contributed by atoms with E-state index in [0.29, 0.717) is 0 Å². The molecular weight excluding hydrogens is 200 g/mol. The summed E-state index contributed by atoms with van der Waals surface area (Å²) in [6, 6.07) is 6.85. The van der Waals surface area contributed by atoms with Crippen LogP contribution in [-0.4, -0.2) is 19.7 Å². The molecule has 1 fully saturated rings. The second-order valence-corrected chi connectivity index (χ2v) is 4.41. The minimum atomic E-state index is 0.732. The third kappa shape index (κ3) is 3.14. The van der Waals surface area contributed by atoms with Crippen molar-refractivity contribution in [1.82, 2.24) is 5.32 Å². The van der Waals surface area contributed by atoms with E-state index in [9.17, 15) is 0 Å². The van der Waals surface area contributed by atoms with Crippen LogP contribution in [0.4, 0.5) is 5.69 Å². The van der Waals surface area contributed by atoms with Crippen LogP contribution in [0.1, 0.15) is 24.8 Å². The fourth-order valence-corrected chi connectivity index (χ4v) is 1.83. The van der Waals surface area contributed by atoms with Gasteiger partial charge in [0.1, 0.15) is 5.75 Å². The lowest BCUT2D eigenvalue weighted by Crippen LogP contribution is -2.17. The number of hydrogen-bond donors (Lipinski definition) is 2. The molecule has 0 atom stereocenters. The molecule has 0 heterocycles. The van der Waals surface area contributed by atoms with Crippen molar-refractivity contribution in [2.24, 2.45) is 0 Å². The summed E-state index contributed by atoms with van der Waals surface area (Å²) in [7, 11) is 1.64. The van der Waals surface area contributed by atoms with E-state index in [4.69, 9.17) is 10.5 Å². The highest BCUT2D eigenvalue weighted by Crippen LogP contribution is 2.22. The highest BCUT2D eigenvalue weighted by Gasteiger charge is 2.19. The first-order chi connectivity index (χ1) is 7.79. The lowest BCUT2D eigenvalue weighted by Gasteiger charge is -2.07. The van der Waals surface area contributed by atoms with Crippen molar-refractivity contribution >= 4 is 5.69 Å². The maximum Gasteiger partial charge on any atom is 0.141 e. The van der Waals surface area contributed by atoms with Gasteiger partial charge in [-0.25, -0.2) is 0 Å². The van der Waals surface area contributed by atoms with Crippen LogP contribution in [-0.2, 0) is 6.42 Å². The van der Waals surface area contributed by atoms with Gasteiger partial charge in [-0.2, -0.15) is 0 Å². The number of methoxy groups -OCH3 is 1. The van der Waals surface area contributed by atoms with Crippen molar-refractivity contribution in [3.8, 4) is 5.75 Å². The first-order valence-electron chi connectivity index (χ1n) is 5.95. The molecule has 88 valence electrons. The molecule has 0 spiro atoms. The van der Waals surface area contributed by atoms with Crippen LogP contribution < -0.4 is 15.8 Å². The van der Waals surface area contributed by atoms with Crippen molar-refractivity contribution in [2.45, 2.75) is 31.7 Å². The molecule has 3 N–H and O–H groups in total. The Bertz CT molecular complexity index is 348. The Balaban J connectivity index is 1.77. The summed E-state index contributed by atoms with van der Waals surface area (Å²) in [6.45, 7) is 1.11. The molecule has 16 heavy (non-hydrogen) atoms. The third-order valence-electron chi connectivity index (χ3n) is 2.95. The predicted octanol–water partition coefficient (Wildman–Crippen LogP) is 1.96. The van der Waals surface area contributed by atoms with Gasteiger partial charge in [0.2, 0.25) is 0 Å². The Morgan fingerprint density at radius 2 is 2.25 bits per heavy atom. The minimum absolute atomic E-state index is 0.732. The van der Waals surface area contributed by atoms with E-state index < -0.39 is 0 Å². The monoisotopic (exact) mass is 220 g/mol. The molecule has 0 amide bonds. The number of nitrogen functional groups attached to an aromatic ring is 1. The van der Waals surface area contributed by atoms with E-state index in [0.717, 1.165) is 30.4 Å². The summed E-state index contributed by atoms with van der Waals surface area (Å²) >= 11 is 0. The maximum atomic E-state index is 5.85. The number of rotatable bonds is 6. The summed E-state index contributed by atoms with van der Waals surface area (Å²) in [5.41, 5.74) is 7.87. The van der Waals surface area contributed by atoms with Gasteiger partial charge in [0.15, 0.2) is 0 Å². The van der Waals surface area contributed by atoms with Crippen molar-refractivity contribution < 1.29 is 4.74 Å². The fraction of sp³-hybridized carbons (Fsp3) is 0.538. The lowest BCUT2D eigenvalue weighted by molar-refractivity contribution is 0.417. The lowest BCUT2D eigenvalue weighted by atomic mass is 10.1. The highest BCUT2D eigenvalue weighted by atomic mass is 16.5. The molecule has 1 aromatic rings. The summed E-state index contributed by atoms with van der Waals surface area (Å²) in [6.07, 6.45) is 4.96. The van der Waals surface area contributed by atoms with Crippen LogP contribution >= 0.6 is 0 Å². The molecule has 0 saturated heterocycles. The zero-order chi connectivity index (χ0) is 11.4. The van der Waals surface area contributed by atoms with E-state index in [1.165, 1.54) is 24.8 Å². The molecule has 1 aromatic carbocycles. The second-order valence-electron chi connectivity index (χ2n) is 4.41. The minimum Gasteiger partial charge on any atom is -0.495 e. The molecule has 0 aliphatic heterocycles. The number of benzene rings is 1. The van der Waals surface area contributed by atoms with Crippen LogP contribution in [0, 0.1) is 0 Å². The molecule has 2 rings (SSSR count). The Kier molecular flexibility index (Phi) is 3.67. The van der Waals surface area contributed by atoms with Crippen LogP contribution in [0.15, 0.2) is 18.2 Å². The van der Waals surface area contributed by atoms with Crippen molar-refractivity contribution in [3.63, 3.8) is 0 Å². The molecule has 0 aromatic heterocycles. The molecular formula is C13H20N2O. The summed E-state index contributed by atoms with van der Waals surface area (Å²) in [5, 5.41) is 3.51. The Labute approximate surface area is 97.0 Å². The Morgan fingerprint density at radius 1 is 1.44 bits per heavy atom. The van der Waals surface area contributed by atoms with Gasteiger partial charge >= 0.3 is 0 Å². The van der Waals surface area contributed by atoms with Gasteiger partial charge in [-0.05, 0) is 49.9 Å². The molecule has 1 saturated carbocycles. The number of nitrogens with one attached hydrogen (secondary N) is 1. The summed E-state index contributed by atoms with van der Waals surface area (Å²) < 4.78 is 5.13. The molecule has 0 radical (unpaired) electrons. The number of nitrogens with two attached hydrogens (primary N) is 1. The van der Waals surface area contributed by atoms with Crippen LogP contribution in [0.3, 0.4) is 0 Å². The maximum absolute atomic E-state index is 5.85. The van der Waals surface area contributed by atoms with Crippen LogP contribution in [0.5, 0.6) is 5.75 Å². The van der Waals surface area contributed by atoms with E-state index >= 15 is 0 Å². The summed E-state index contributed by atoms with van der Waals surface area (Å²) in [4.78, 5) is 0.